The molecule has 1 saturated heterocycles. The number of alkyl halides is 1. The molecule has 1 heterocycles. The van der Waals surface area contributed by atoms with Crippen molar-refractivity contribution < 1.29 is 9.47 Å². The molecule has 0 saturated carbocycles. The quantitative estimate of drug-likeness (QED) is 0.669. The molecule has 0 radical (unpaired) electrons. The highest BCUT2D eigenvalue weighted by atomic mass is 79.9. The van der Waals surface area contributed by atoms with Crippen LogP contribution in [0.3, 0.4) is 0 Å². The van der Waals surface area contributed by atoms with E-state index in [2.05, 4.69) is 31.9 Å². The Hall–Kier alpha value is 0.230. The third-order valence-electron chi connectivity index (χ3n) is 3.15. The second-order valence-corrected chi connectivity index (χ2v) is 6.67. The Kier molecular flexibility index (Phi) is 5.36. The Labute approximate surface area is 129 Å². The Morgan fingerprint density at radius 1 is 1.50 bits per heavy atom. The van der Waals surface area contributed by atoms with Crippen molar-refractivity contribution in [3.8, 4) is 5.75 Å². The van der Waals surface area contributed by atoms with Crippen LogP contribution in [0.5, 0.6) is 5.75 Å². The highest BCUT2D eigenvalue weighted by molar-refractivity contribution is 9.10. The van der Waals surface area contributed by atoms with Gasteiger partial charge in [0.1, 0.15) is 5.75 Å². The van der Waals surface area contributed by atoms with Crippen LogP contribution in [-0.4, -0.2) is 20.3 Å². The molecule has 0 amide bonds. The van der Waals surface area contributed by atoms with E-state index < -0.39 is 0 Å². The lowest BCUT2D eigenvalue weighted by Crippen LogP contribution is -2.21. The van der Waals surface area contributed by atoms with Crippen LogP contribution in [-0.2, 0) is 4.74 Å². The number of hydrogen-bond donors (Lipinski definition) is 0. The SMILES string of the molecule is COc1c(Br)cc(Cl)cc1C(Br)C1CCCOC1. The average molecular weight is 399 g/mol. The number of methoxy groups -OCH3 is 1. The van der Waals surface area contributed by atoms with Gasteiger partial charge in [-0.2, -0.15) is 0 Å². The summed E-state index contributed by atoms with van der Waals surface area (Å²) in [6.45, 7) is 1.65. The lowest BCUT2D eigenvalue weighted by Gasteiger charge is -2.28. The molecule has 0 aromatic heterocycles. The first-order valence-electron chi connectivity index (χ1n) is 5.88. The van der Waals surface area contributed by atoms with Gasteiger partial charge < -0.3 is 9.47 Å². The van der Waals surface area contributed by atoms with Crippen molar-refractivity contribution in [1.82, 2.24) is 0 Å². The zero-order valence-electron chi connectivity index (χ0n) is 10.1. The molecular weight excluding hydrogens is 383 g/mol. The normalized spacial score (nSPS) is 21.7. The molecule has 1 aromatic carbocycles. The van der Waals surface area contributed by atoms with Gasteiger partial charge in [-0.05, 0) is 46.8 Å². The van der Waals surface area contributed by atoms with Crippen molar-refractivity contribution in [2.24, 2.45) is 5.92 Å². The minimum absolute atomic E-state index is 0.197. The molecule has 2 rings (SSSR count). The predicted octanol–water partition coefficient (Wildman–Crippen LogP) is 4.97. The van der Waals surface area contributed by atoms with E-state index in [9.17, 15) is 0 Å². The molecule has 0 aliphatic carbocycles. The number of benzene rings is 1. The Morgan fingerprint density at radius 2 is 2.28 bits per heavy atom. The van der Waals surface area contributed by atoms with Crippen LogP contribution in [0.4, 0.5) is 0 Å². The van der Waals surface area contributed by atoms with Gasteiger partial charge in [-0.1, -0.05) is 27.5 Å². The molecule has 0 bridgehead atoms. The van der Waals surface area contributed by atoms with Crippen LogP contribution < -0.4 is 4.74 Å². The van der Waals surface area contributed by atoms with Gasteiger partial charge in [0.2, 0.25) is 0 Å². The Morgan fingerprint density at radius 3 is 2.89 bits per heavy atom. The van der Waals surface area contributed by atoms with Gasteiger partial charge in [-0.15, -0.1) is 0 Å². The van der Waals surface area contributed by atoms with Gasteiger partial charge in [0.25, 0.3) is 0 Å². The molecule has 1 aliphatic rings. The van der Waals surface area contributed by atoms with E-state index in [-0.39, 0.29) is 4.83 Å². The van der Waals surface area contributed by atoms with Crippen molar-refractivity contribution in [3.05, 3.63) is 27.2 Å². The van der Waals surface area contributed by atoms with E-state index in [1.54, 1.807) is 7.11 Å². The molecular formula is C13H15Br2ClO2. The molecule has 2 nitrogen and oxygen atoms in total. The van der Waals surface area contributed by atoms with E-state index in [0.29, 0.717) is 10.9 Å². The van der Waals surface area contributed by atoms with E-state index >= 15 is 0 Å². The smallest absolute Gasteiger partial charge is 0.137 e. The van der Waals surface area contributed by atoms with E-state index in [1.807, 2.05) is 12.1 Å². The fourth-order valence-electron chi connectivity index (χ4n) is 2.25. The van der Waals surface area contributed by atoms with Crippen molar-refractivity contribution >= 4 is 43.5 Å². The summed E-state index contributed by atoms with van der Waals surface area (Å²) in [5, 5.41) is 0.707. The predicted molar refractivity (Wildman–Crippen MR) is 80.9 cm³/mol. The van der Waals surface area contributed by atoms with Crippen molar-refractivity contribution in [1.29, 1.82) is 0 Å². The minimum Gasteiger partial charge on any atom is -0.495 e. The Balaban J connectivity index is 2.30. The zero-order chi connectivity index (χ0) is 13.1. The molecule has 2 unspecified atom stereocenters. The summed E-state index contributed by atoms with van der Waals surface area (Å²) >= 11 is 13.4. The molecule has 2 atom stereocenters. The lowest BCUT2D eigenvalue weighted by atomic mass is 9.93. The average Bonchev–Trinajstić information content (AvgIpc) is 2.38. The second kappa shape index (κ2) is 6.60. The molecule has 1 fully saturated rings. The molecule has 100 valence electrons. The maximum atomic E-state index is 6.12. The van der Waals surface area contributed by atoms with Gasteiger partial charge in [0, 0.05) is 22.0 Å². The summed E-state index contributed by atoms with van der Waals surface area (Å²) in [6.07, 6.45) is 2.26. The van der Waals surface area contributed by atoms with Gasteiger partial charge in [0.05, 0.1) is 18.2 Å². The summed E-state index contributed by atoms with van der Waals surface area (Å²) in [4.78, 5) is 0.197. The summed E-state index contributed by atoms with van der Waals surface area (Å²) in [6, 6.07) is 3.81. The number of rotatable bonds is 3. The monoisotopic (exact) mass is 396 g/mol. The molecule has 18 heavy (non-hydrogen) atoms. The van der Waals surface area contributed by atoms with Gasteiger partial charge >= 0.3 is 0 Å². The van der Waals surface area contributed by atoms with Crippen LogP contribution in [0.15, 0.2) is 16.6 Å². The highest BCUT2D eigenvalue weighted by Crippen LogP contribution is 2.44. The van der Waals surface area contributed by atoms with Crippen LogP contribution >= 0.6 is 43.5 Å². The first-order chi connectivity index (χ1) is 8.63. The Bertz CT molecular complexity index is 420. The standard InChI is InChI=1S/C13H15Br2ClO2/c1-17-13-10(5-9(16)6-11(13)14)12(15)8-3-2-4-18-7-8/h5-6,8,12H,2-4,7H2,1H3. The van der Waals surface area contributed by atoms with Crippen LogP contribution in [0.2, 0.25) is 5.02 Å². The van der Waals surface area contributed by atoms with E-state index in [4.69, 9.17) is 21.1 Å². The summed E-state index contributed by atoms with van der Waals surface area (Å²) < 4.78 is 11.9. The number of ether oxygens (including phenoxy) is 2. The third-order valence-corrected chi connectivity index (χ3v) is 5.20. The lowest BCUT2D eigenvalue weighted by molar-refractivity contribution is 0.0544. The fourth-order valence-corrected chi connectivity index (χ4v) is 4.00. The molecule has 0 spiro atoms. The van der Waals surface area contributed by atoms with E-state index in [0.717, 1.165) is 41.8 Å². The van der Waals surface area contributed by atoms with Crippen molar-refractivity contribution in [2.45, 2.75) is 17.7 Å². The van der Waals surface area contributed by atoms with Crippen LogP contribution in [0.1, 0.15) is 23.2 Å². The highest BCUT2D eigenvalue weighted by Gasteiger charge is 2.27. The summed E-state index contributed by atoms with van der Waals surface area (Å²) in [5.74, 6) is 1.30. The summed E-state index contributed by atoms with van der Waals surface area (Å²) in [5.41, 5.74) is 1.08. The minimum atomic E-state index is 0.197. The topological polar surface area (TPSA) is 18.5 Å². The number of hydrogen-bond acceptors (Lipinski definition) is 2. The van der Waals surface area contributed by atoms with Gasteiger partial charge in [-0.3, -0.25) is 0 Å². The summed E-state index contributed by atoms with van der Waals surface area (Å²) in [7, 11) is 1.68. The van der Waals surface area contributed by atoms with E-state index in [1.165, 1.54) is 0 Å². The van der Waals surface area contributed by atoms with Gasteiger partial charge in [0.15, 0.2) is 0 Å². The molecule has 1 aliphatic heterocycles. The maximum absolute atomic E-state index is 6.12. The van der Waals surface area contributed by atoms with Crippen LogP contribution in [0.25, 0.3) is 0 Å². The molecule has 1 aromatic rings. The van der Waals surface area contributed by atoms with Gasteiger partial charge in [-0.25, -0.2) is 0 Å². The van der Waals surface area contributed by atoms with Crippen molar-refractivity contribution in [3.63, 3.8) is 0 Å². The number of halogens is 3. The maximum Gasteiger partial charge on any atom is 0.137 e. The van der Waals surface area contributed by atoms with Crippen LogP contribution in [0, 0.1) is 5.92 Å². The van der Waals surface area contributed by atoms with Crippen molar-refractivity contribution in [2.75, 3.05) is 20.3 Å². The second-order valence-electron chi connectivity index (χ2n) is 4.39. The first kappa shape index (κ1) is 14.6. The first-order valence-corrected chi connectivity index (χ1v) is 7.97. The molecule has 0 N–H and O–H groups in total. The zero-order valence-corrected chi connectivity index (χ0v) is 14.0. The fraction of sp³-hybridized carbons (Fsp3) is 0.538. The molecule has 5 heteroatoms. The largest absolute Gasteiger partial charge is 0.495 e. The third kappa shape index (κ3) is 3.21.